The average Bonchev–Trinajstić information content (AvgIpc) is 1.99. The zero-order valence-electron chi connectivity index (χ0n) is 8.22. The Hall–Kier alpha value is -0.130. The summed E-state index contributed by atoms with van der Waals surface area (Å²) in [5, 5.41) is 0. The summed E-state index contributed by atoms with van der Waals surface area (Å²) in [6.45, 7) is 5.20. The number of esters is 1. The van der Waals surface area contributed by atoms with Gasteiger partial charge in [0, 0.05) is 10.8 Å². The Kier molecular flexibility index (Phi) is 5.51. The van der Waals surface area contributed by atoms with E-state index in [2.05, 4.69) is 22.6 Å². The first-order chi connectivity index (χ1) is 5.88. The van der Waals surface area contributed by atoms with Gasteiger partial charge in [0.1, 0.15) is 6.61 Å². The third-order valence-corrected chi connectivity index (χ3v) is 1.89. The Bertz CT molecular complexity index is 194. The van der Waals surface area contributed by atoms with Crippen molar-refractivity contribution < 1.29 is 14.3 Å². The minimum Gasteiger partial charge on any atom is -0.457 e. The lowest BCUT2D eigenvalue weighted by atomic mass is 9.97. The highest BCUT2D eigenvalue weighted by Gasteiger charge is 2.23. The van der Waals surface area contributed by atoms with Gasteiger partial charge in [0.2, 0.25) is 0 Å². The van der Waals surface area contributed by atoms with Crippen LogP contribution in [0.15, 0.2) is 0 Å². The van der Waals surface area contributed by atoms with Gasteiger partial charge in [-0.15, -0.1) is 0 Å². The second kappa shape index (κ2) is 5.57. The zero-order valence-corrected chi connectivity index (χ0v) is 10.4. The van der Waals surface area contributed by atoms with Crippen LogP contribution in [0.2, 0.25) is 0 Å². The van der Waals surface area contributed by atoms with Gasteiger partial charge in [-0.3, -0.25) is 9.59 Å². The monoisotopic (exact) mass is 298 g/mol. The van der Waals surface area contributed by atoms with Crippen molar-refractivity contribution in [2.75, 3.05) is 11.0 Å². The molecular formula is C9H15IO3. The SMILES string of the molecule is CC(C)(C)C(=O)OCC(=O)CCI. The lowest BCUT2D eigenvalue weighted by molar-refractivity contribution is -0.155. The number of Topliss-reactive ketones (excluding diaryl/α,β-unsaturated/α-hetero) is 1. The van der Waals surface area contributed by atoms with Crippen molar-refractivity contribution >= 4 is 34.3 Å². The van der Waals surface area contributed by atoms with Crippen LogP contribution >= 0.6 is 22.6 Å². The molecule has 0 fully saturated rings. The molecular weight excluding hydrogens is 283 g/mol. The van der Waals surface area contributed by atoms with Gasteiger partial charge in [-0.1, -0.05) is 22.6 Å². The minimum atomic E-state index is -0.523. The van der Waals surface area contributed by atoms with Crippen LogP contribution in [0.25, 0.3) is 0 Å². The summed E-state index contributed by atoms with van der Waals surface area (Å²) in [5.74, 6) is -0.346. The largest absolute Gasteiger partial charge is 0.457 e. The van der Waals surface area contributed by atoms with Gasteiger partial charge in [-0.05, 0) is 20.8 Å². The van der Waals surface area contributed by atoms with Crippen LogP contribution in [0.4, 0.5) is 0 Å². The van der Waals surface area contributed by atoms with Gasteiger partial charge >= 0.3 is 5.97 Å². The van der Waals surface area contributed by atoms with Crippen molar-refractivity contribution in [3.63, 3.8) is 0 Å². The standard InChI is InChI=1S/C9H15IO3/c1-9(2,3)8(12)13-6-7(11)4-5-10/h4-6H2,1-3H3. The van der Waals surface area contributed by atoms with E-state index >= 15 is 0 Å². The number of carbonyl (C=O) groups is 2. The van der Waals surface area contributed by atoms with E-state index in [0.717, 1.165) is 4.43 Å². The molecule has 0 aliphatic rings. The average molecular weight is 298 g/mol. The van der Waals surface area contributed by atoms with Crippen molar-refractivity contribution in [1.29, 1.82) is 0 Å². The number of ketones is 1. The molecule has 0 heterocycles. The molecule has 0 rings (SSSR count). The molecule has 0 atom stereocenters. The zero-order chi connectivity index (χ0) is 10.5. The van der Waals surface area contributed by atoms with E-state index in [0.29, 0.717) is 6.42 Å². The first-order valence-electron chi connectivity index (χ1n) is 4.13. The second-order valence-electron chi connectivity index (χ2n) is 3.80. The fraction of sp³-hybridized carbons (Fsp3) is 0.778. The van der Waals surface area contributed by atoms with Gasteiger partial charge in [0.05, 0.1) is 5.41 Å². The number of carbonyl (C=O) groups excluding carboxylic acids is 2. The molecule has 0 amide bonds. The summed E-state index contributed by atoms with van der Waals surface area (Å²) in [6.07, 6.45) is 0.470. The molecule has 0 aliphatic heterocycles. The summed E-state index contributed by atoms with van der Waals surface area (Å²) < 4.78 is 5.60. The van der Waals surface area contributed by atoms with Gasteiger partial charge in [-0.2, -0.15) is 0 Å². The van der Waals surface area contributed by atoms with E-state index in [1.165, 1.54) is 0 Å². The molecule has 0 aromatic rings. The highest BCUT2D eigenvalue weighted by molar-refractivity contribution is 14.1. The Balaban J connectivity index is 3.77. The molecule has 0 aromatic carbocycles. The molecule has 0 spiro atoms. The van der Waals surface area contributed by atoms with Crippen molar-refractivity contribution in [2.24, 2.45) is 5.41 Å². The molecule has 0 saturated carbocycles. The van der Waals surface area contributed by atoms with Crippen LogP contribution in [-0.2, 0) is 14.3 Å². The third kappa shape index (κ3) is 6.01. The molecule has 0 unspecified atom stereocenters. The lowest BCUT2D eigenvalue weighted by Gasteiger charge is -2.15. The molecule has 0 radical (unpaired) electrons. The fourth-order valence-electron chi connectivity index (χ4n) is 0.540. The molecule has 4 heteroatoms. The molecule has 3 nitrogen and oxygen atoms in total. The van der Waals surface area contributed by atoms with E-state index in [-0.39, 0.29) is 18.4 Å². The Labute approximate surface area is 92.4 Å². The molecule has 0 bridgehead atoms. The minimum absolute atomic E-state index is 0.0213. The summed E-state index contributed by atoms with van der Waals surface area (Å²) in [6, 6.07) is 0. The third-order valence-electron chi connectivity index (χ3n) is 1.35. The van der Waals surface area contributed by atoms with E-state index < -0.39 is 5.41 Å². The first-order valence-corrected chi connectivity index (χ1v) is 5.65. The predicted molar refractivity (Wildman–Crippen MR) is 58.9 cm³/mol. The Morgan fingerprint density at radius 2 is 1.85 bits per heavy atom. The van der Waals surface area contributed by atoms with Crippen molar-refractivity contribution in [3.05, 3.63) is 0 Å². The Morgan fingerprint density at radius 1 is 1.31 bits per heavy atom. The molecule has 76 valence electrons. The number of alkyl halides is 1. The van der Waals surface area contributed by atoms with Crippen LogP contribution in [0, 0.1) is 5.41 Å². The van der Waals surface area contributed by atoms with Gasteiger partial charge in [-0.25, -0.2) is 0 Å². The van der Waals surface area contributed by atoms with E-state index in [1.807, 2.05) is 0 Å². The summed E-state index contributed by atoms with van der Waals surface area (Å²) >= 11 is 2.11. The number of ether oxygens (including phenoxy) is 1. The maximum absolute atomic E-state index is 11.2. The van der Waals surface area contributed by atoms with Crippen molar-refractivity contribution in [3.8, 4) is 0 Å². The first kappa shape index (κ1) is 12.9. The van der Waals surface area contributed by atoms with E-state index in [4.69, 9.17) is 4.74 Å². The lowest BCUT2D eigenvalue weighted by Crippen LogP contribution is -2.25. The molecule has 0 aliphatic carbocycles. The number of hydrogen-bond acceptors (Lipinski definition) is 3. The molecule has 13 heavy (non-hydrogen) atoms. The van der Waals surface area contributed by atoms with Crippen LogP contribution in [0.5, 0.6) is 0 Å². The number of halogens is 1. The Morgan fingerprint density at radius 3 is 2.23 bits per heavy atom. The number of hydrogen-bond donors (Lipinski definition) is 0. The van der Waals surface area contributed by atoms with Crippen LogP contribution in [0.1, 0.15) is 27.2 Å². The maximum atomic E-state index is 11.2. The fourth-order valence-corrected chi connectivity index (χ4v) is 1.14. The maximum Gasteiger partial charge on any atom is 0.311 e. The smallest absolute Gasteiger partial charge is 0.311 e. The number of rotatable bonds is 4. The van der Waals surface area contributed by atoms with Gasteiger partial charge in [0.15, 0.2) is 5.78 Å². The van der Waals surface area contributed by atoms with Crippen LogP contribution in [-0.4, -0.2) is 22.8 Å². The quantitative estimate of drug-likeness (QED) is 0.453. The summed E-state index contributed by atoms with van der Waals surface area (Å²) in [4.78, 5) is 22.2. The molecule has 0 N–H and O–H groups in total. The predicted octanol–water partition coefficient (Wildman–Crippen LogP) is 1.97. The van der Waals surface area contributed by atoms with Crippen molar-refractivity contribution in [2.45, 2.75) is 27.2 Å². The second-order valence-corrected chi connectivity index (χ2v) is 4.88. The van der Waals surface area contributed by atoms with Crippen LogP contribution < -0.4 is 0 Å². The van der Waals surface area contributed by atoms with Gasteiger partial charge < -0.3 is 4.74 Å². The van der Waals surface area contributed by atoms with E-state index in [1.54, 1.807) is 20.8 Å². The topological polar surface area (TPSA) is 43.4 Å². The summed E-state index contributed by atoms with van der Waals surface area (Å²) in [7, 11) is 0. The normalized spacial score (nSPS) is 11.1. The molecule has 0 saturated heterocycles. The van der Waals surface area contributed by atoms with Crippen LogP contribution in [0.3, 0.4) is 0 Å². The molecule has 0 aromatic heterocycles. The summed E-state index contributed by atoms with van der Waals surface area (Å²) in [5.41, 5.74) is -0.523. The highest BCUT2D eigenvalue weighted by Crippen LogP contribution is 2.14. The van der Waals surface area contributed by atoms with Gasteiger partial charge in [0.25, 0.3) is 0 Å². The van der Waals surface area contributed by atoms with E-state index in [9.17, 15) is 9.59 Å². The highest BCUT2D eigenvalue weighted by atomic mass is 127. The van der Waals surface area contributed by atoms with Crippen molar-refractivity contribution in [1.82, 2.24) is 0 Å².